The second kappa shape index (κ2) is 12.3. The summed E-state index contributed by atoms with van der Waals surface area (Å²) in [4.78, 5) is 0. The van der Waals surface area contributed by atoms with E-state index < -0.39 is 94.5 Å². The highest BCUT2D eigenvalue weighted by molar-refractivity contribution is 7.86. The quantitative estimate of drug-likeness (QED) is 0.141. The van der Waals surface area contributed by atoms with Crippen molar-refractivity contribution in [1.82, 2.24) is 0 Å². The van der Waals surface area contributed by atoms with Crippen LogP contribution in [0.4, 0.5) is 0 Å². The molecule has 7 atom stereocenters. The van der Waals surface area contributed by atoms with E-state index in [9.17, 15) is 16.8 Å². The van der Waals surface area contributed by atoms with Crippen molar-refractivity contribution in [2.75, 3.05) is 31.3 Å². The van der Waals surface area contributed by atoms with E-state index in [-0.39, 0.29) is 0 Å². The highest BCUT2D eigenvalue weighted by Crippen LogP contribution is 2.19. The third-order valence-corrected chi connectivity index (χ3v) is 4.91. The highest BCUT2D eigenvalue weighted by Gasteiger charge is 2.42. The molecular formula is C12H26O15S2. The Morgan fingerprint density at radius 1 is 0.793 bits per heavy atom. The molecule has 15 nitrogen and oxygen atoms in total. The summed E-state index contributed by atoms with van der Waals surface area (Å²) in [5.41, 5.74) is 0. The summed E-state index contributed by atoms with van der Waals surface area (Å²) in [6, 6.07) is 0. The van der Waals surface area contributed by atoms with Gasteiger partial charge in [0, 0.05) is 0 Å². The average Bonchev–Trinajstić information content (AvgIpc) is 2.53. The molecule has 176 valence electrons. The lowest BCUT2D eigenvalue weighted by Gasteiger charge is -2.37. The van der Waals surface area contributed by atoms with Gasteiger partial charge in [-0.1, -0.05) is 0 Å². The van der Waals surface area contributed by atoms with Gasteiger partial charge in [-0.3, -0.25) is 9.11 Å². The molecule has 1 heterocycles. The molecule has 1 saturated heterocycles. The molecule has 0 aromatic rings. The first kappa shape index (κ1) is 28.5. The van der Waals surface area contributed by atoms with E-state index in [2.05, 4.69) is 9.47 Å². The van der Waals surface area contributed by atoms with Crippen LogP contribution in [0.15, 0.2) is 0 Å². The molecule has 0 aromatic carbocycles. The Labute approximate surface area is 166 Å². The Morgan fingerprint density at radius 3 is 1.55 bits per heavy atom. The zero-order valence-electron chi connectivity index (χ0n) is 14.9. The third kappa shape index (κ3) is 12.7. The summed E-state index contributed by atoms with van der Waals surface area (Å²) in [6.07, 6.45) is -10.0. The fourth-order valence-electron chi connectivity index (χ4n) is 2.00. The van der Waals surface area contributed by atoms with Gasteiger partial charge in [0.25, 0.3) is 20.2 Å². The maximum absolute atomic E-state index is 10.3. The number of hydrogen-bond donors (Lipinski definition) is 9. The van der Waals surface area contributed by atoms with Crippen molar-refractivity contribution in [3.63, 3.8) is 0 Å². The van der Waals surface area contributed by atoms with Crippen molar-refractivity contribution in [3.05, 3.63) is 0 Å². The molecule has 9 N–H and O–H groups in total. The minimum atomic E-state index is -4.33. The fourth-order valence-corrected chi connectivity index (χ4v) is 3.17. The van der Waals surface area contributed by atoms with Gasteiger partial charge in [0.1, 0.15) is 35.9 Å². The van der Waals surface area contributed by atoms with Gasteiger partial charge in [-0.25, -0.2) is 0 Å². The van der Waals surface area contributed by atoms with E-state index in [0.717, 1.165) is 0 Å². The third-order valence-electron chi connectivity index (χ3n) is 3.29. The maximum atomic E-state index is 10.3. The summed E-state index contributed by atoms with van der Waals surface area (Å²) in [5, 5.41) is 62.7. The molecule has 0 aromatic heterocycles. The van der Waals surface area contributed by atoms with Crippen LogP contribution >= 0.6 is 0 Å². The molecule has 1 aliphatic heterocycles. The standard InChI is InChI=1S/C6H14O9S2.C6H12O6/c7-5(3-16(9,10)11)1-15-2-6(8)4-17(12,13)14;7-1-2-3(8)4(9)5(10)6(11)12-2/h5-8H,1-4H2,(H,9,10,11)(H,12,13,14);2-11H,1H2/t;2-,3-,4+,5-,6?/m.1/s1. The molecule has 0 radical (unpaired) electrons. The van der Waals surface area contributed by atoms with Gasteiger partial charge in [0.05, 0.1) is 32.0 Å². The van der Waals surface area contributed by atoms with Gasteiger partial charge < -0.3 is 45.2 Å². The predicted octanol–water partition coefficient (Wildman–Crippen LogP) is -5.72. The Hall–Kier alpha value is -0.540. The number of hydrogen-bond acceptors (Lipinski definition) is 13. The van der Waals surface area contributed by atoms with Crippen LogP contribution in [0.1, 0.15) is 0 Å². The molecule has 1 fully saturated rings. The summed E-state index contributed by atoms with van der Waals surface area (Å²) >= 11 is 0. The Balaban J connectivity index is 0.000000571. The zero-order chi connectivity index (χ0) is 23.0. The van der Waals surface area contributed by atoms with Crippen LogP contribution in [-0.2, 0) is 29.7 Å². The van der Waals surface area contributed by atoms with Gasteiger partial charge in [-0.2, -0.15) is 16.8 Å². The van der Waals surface area contributed by atoms with Crippen molar-refractivity contribution < 1.29 is 71.2 Å². The largest absolute Gasteiger partial charge is 0.394 e. The predicted molar refractivity (Wildman–Crippen MR) is 91.6 cm³/mol. The second-order valence-corrected chi connectivity index (χ2v) is 9.06. The van der Waals surface area contributed by atoms with Gasteiger partial charge >= 0.3 is 0 Å². The van der Waals surface area contributed by atoms with E-state index in [0.29, 0.717) is 0 Å². The molecule has 0 aliphatic carbocycles. The molecule has 0 saturated carbocycles. The molecular weight excluding hydrogens is 448 g/mol. The SMILES string of the molecule is O=S(=O)(O)CC(O)COCC(O)CS(=O)(=O)O.OC[C@H]1OC(O)[C@H](O)[C@@H](O)[C@@H]1O. The lowest BCUT2D eigenvalue weighted by Crippen LogP contribution is -2.58. The topological polar surface area (TPSA) is 269 Å². The summed E-state index contributed by atoms with van der Waals surface area (Å²) in [5.74, 6) is -1.86. The van der Waals surface area contributed by atoms with Crippen molar-refractivity contribution in [3.8, 4) is 0 Å². The zero-order valence-corrected chi connectivity index (χ0v) is 16.5. The highest BCUT2D eigenvalue weighted by atomic mass is 32.2. The van der Waals surface area contributed by atoms with Crippen LogP contribution in [0.2, 0.25) is 0 Å². The molecule has 0 spiro atoms. The molecule has 3 unspecified atom stereocenters. The van der Waals surface area contributed by atoms with E-state index in [1.54, 1.807) is 0 Å². The summed E-state index contributed by atoms with van der Waals surface area (Å²) < 4.78 is 67.1. The van der Waals surface area contributed by atoms with Crippen molar-refractivity contribution in [2.24, 2.45) is 0 Å². The smallest absolute Gasteiger partial charge is 0.267 e. The van der Waals surface area contributed by atoms with E-state index in [1.165, 1.54) is 0 Å². The van der Waals surface area contributed by atoms with Crippen LogP contribution in [-0.4, -0.2) is 136 Å². The molecule has 0 amide bonds. The number of ether oxygens (including phenoxy) is 2. The van der Waals surface area contributed by atoms with Crippen LogP contribution < -0.4 is 0 Å². The lowest BCUT2D eigenvalue weighted by molar-refractivity contribution is -0.286. The van der Waals surface area contributed by atoms with Crippen LogP contribution in [0, 0.1) is 0 Å². The first-order valence-corrected chi connectivity index (χ1v) is 11.1. The van der Waals surface area contributed by atoms with Crippen LogP contribution in [0.25, 0.3) is 0 Å². The van der Waals surface area contributed by atoms with Gasteiger partial charge in [-0.15, -0.1) is 0 Å². The fraction of sp³-hybridized carbons (Fsp3) is 1.00. The second-order valence-electron chi connectivity index (χ2n) is 6.06. The Morgan fingerprint density at radius 2 is 1.21 bits per heavy atom. The molecule has 0 bridgehead atoms. The van der Waals surface area contributed by atoms with Gasteiger partial charge in [0.2, 0.25) is 0 Å². The van der Waals surface area contributed by atoms with E-state index in [4.69, 9.17) is 44.9 Å². The lowest BCUT2D eigenvalue weighted by atomic mass is 10.00. The van der Waals surface area contributed by atoms with Crippen LogP contribution in [0.3, 0.4) is 0 Å². The van der Waals surface area contributed by atoms with Crippen LogP contribution in [0.5, 0.6) is 0 Å². The first-order valence-electron chi connectivity index (χ1n) is 7.90. The average molecular weight is 474 g/mol. The molecule has 1 aliphatic rings. The maximum Gasteiger partial charge on any atom is 0.267 e. The Kier molecular flexibility index (Phi) is 12.1. The number of rotatable bonds is 9. The van der Waals surface area contributed by atoms with Crippen molar-refractivity contribution in [2.45, 2.75) is 42.9 Å². The number of aliphatic hydroxyl groups excluding tert-OH is 7. The monoisotopic (exact) mass is 474 g/mol. The first-order chi connectivity index (χ1) is 13.1. The molecule has 1 rings (SSSR count). The van der Waals surface area contributed by atoms with Crippen molar-refractivity contribution in [1.29, 1.82) is 0 Å². The van der Waals surface area contributed by atoms with Gasteiger partial charge in [-0.05, 0) is 0 Å². The van der Waals surface area contributed by atoms with E-state index >= 15 is 0 Å². The minimum absolute atomic E-state index is 0.512. The normalized spacial score (nSPS) is 30.2. The Bertz CT molecular complexity index is 620. The minimum Gasteiger partial charge on any atom is -0.394 e. The van der Waals surface area contributed by atoms with E-state index in [1.807, 2.05) is 0 Å². The summed E-state index contributed by atoms with van der Waals surface area (Å²) in [7, 11) is -8.66. The van der Waals surface area contributed by atoms with Crippen molar-refractivity contribution >= 4 is 20.2 Å². The number of aliphatic hydroxyl groups is 7. The van der Waals surface area contributed by atoms with Gasteiger partial charge in [0.15, 0.2) is 6.29 Å². The summed E-state index contributed by atoms with van der Waals surface area (Å²) in [6.45, 7) is -1.55. The molecule has 29 heavy (non-hydrogen) atoms. The molecule has 17 heteroatoms.